The fraction of sp³-hybridized carbons (Fsp3) is 0.125. The highest BCUT2D eigenvalue weighted by atomic mass is 79.9. The monoisotopic (exact) mass is 396 g/mol. The fourth-order valence-electron chi connectivity index (χ4n) is 1.67. The van der Waals surface area contributed by atoms with Gasteiger partial charge in [-0.3, -0.25) is 4.79 Å². The van der Waals surface area contributed by atoms with E-state index in [0.29, 0.717) is 5.56 Å². The Kier molecular flexibility index (Phi) is 7.73. The summed E-state index contributed by atoms with van der Waals surface area (Å²) in [4.78, 5) is 11.9. The molecule has 0 aliphatic rings. The van der Waals surface area contributed by atoms with Crippen LogP contribution in [0.15, 0.2) is 46.0 Å². The van der Waals surface area contributed by atoms with Crippen LogP contribution in [0.25, 0.3) is 0 Å². The Morgan fingerprint density at radius 1 is 1.17 bits per heavy atom. The summed E-state index contributed by atoms with van der Waals surface area (Å²) >= 11 is 3.28. The van der Waals surface area contributed by atoms with Crippen LogP contribution in [0, 0.1) is 0 Å². The maximum Gasteiger partial charge on any atom is 0.271 e. The molecule has 8 heteroatoms. The van der Waals surface area contributed by atoms with E-state index >= 15 is 0 Å². The Bertz CT molecular complexity index is 734. The number of hydrazone groups is 1. The molecule has 0 bridgehead atoms. The standard InChI is InChI=1S/C15H13BrN2O4.CH4O/c1-22-14-7-9(2-4-13(14)20)15(21)18-17-8-10-6-11(16)3-5-12(10)19;1-2/h2-8,19-20H,1H3,(H,18,21);2H,1H3/b17-8+;. The zero-order chi connectivity index (χ0) is 18.1. The first-order chi connectivity index (χ1) is 11.5. The first-order valence-electron chi connectivity index (χ1n) is 6.65. The Hall–Kier alpha value is -2.58. The lowest BCUT2D eigenvalue weighted by Gasteiger charge is -2.05. The molecule has 0 atom stereocenters. The van der Waals surface area contributed by atoms with Gasteiger partial charge in [0.15, 0.2) is 11.5 Å². The van der Waals surface area contributed by atoms with Gasteiger partial charge in [-0.15, -0.1) is 0 Å². The number of methoxy groups -OCH3 is 1. The second-order valence-electron chi connectivity index (χ2n) is 4.29. The lowest BCUT2D eigenvalue weighted by Crippen LogP contribution is -2.17. The van der Waals surface area contributed by atoms with Crippen LogP contribution < -0.4 is 10.2 Å². The fourth-order valence-corrected chi connectivity index (χ4v) is 2.05. The number of ether oxygens (including phenoxy) is 1. The normalized spacial score (nSPS) is 10.0. The summed E-state index contributed by atoms with van der Waals surface area (Å²) in [7, 11) is 2.39. The molecule has 128 valence electrons. The molecule has 2 rings (SSSR count). The van der Waals surface area contributed by atoms with Gasteiger partial charge in [0, 0.05) is 22.7 Å². The average molecular weight is 397 g/mol. The summed E-state index contributed by atoms with van der Waals surface area (Å²) < 4.78 is 5.71. The van der Waals surface area contributed by atoms with E-state index in [2.05, 4.69) is 26.5 Å². The van der Waals surface area contributed by atoms with Crippen LogP contribution in [-0.4, -0.2) is 41.7 Å². The number of carbonyl (C=O) groups excluding carboxylic acids is 1. The smallest absolute Gasteiger partial charge is 0.271 e. The van der Waals surface area contributed by atoms with E-state index in [4.69, 9.17) is 9.84 Å². The van der Waals surface area contributed by atoms with Gasteiger partial charge in [-0.2, -0.15) is 5.10 Å². The predicted molar refractivity (Wildman–Crippen MR) is 93.7 cm³/mol. The molecule has 0 aliphatic heterocycles. The number of halogens is 1. The van der Waals surface area contributed by atoms with Crippen molar-refractivity contribution in [2.75, 3.05) is 14.2 Å². The lowest BCUT2D eigenvalue weighted by molar-refractivity contribution is 0.0954. The Labute approximate surface area is 147 Å². The van der Waals surface area contributed by atoms with Gasteiger partial charge in [0.1, 0.15) is 5.75 Å². The second kappa shape index (κ2) is 9.53. The Balaban J connectivity index is 0.00000139. The van der Waals surface area contributed by atoms with Crippen molar-refractivity contribution in [1.82, 2.24) is 5.43 Å². The highest BCUT2D eigenvalue weighted by Gasteiger charge is 2.09. The molecule has 7 nitrogen and oxygen atoms in total. The van der Waals surface area contributed by atoms with Crippen molar-refractivity contribution in [2.24, 2.45) is 5.10 Å². The van der Waals surface area contributed by atoms with E-state index in [1.807, 2.05) is 0 Å². The van der Waals surface area contributed by atoms with Crippen LogP contribution in [-0.2, 0) is 0 Å². The van der Waals surface area contributed by atoms with Crippen LogP contribution >= 0.6 is 15.9 Å². The average Bonchev–Trinajstić information content (AvgIpc) is 2.60. The van der Waals surface area contributed by atoms with E-state index in [1.165, 1.54) is 37.6 Å². The number of benzene rings is 2. The molecule has 24 heavy (non-hydrogen) atoms. The molecular weight excluding hydrogens is 380 g/mol. The minimum absolute atomic E-state index is 0.0486. The lowest BCUT2D eigenvalue weighted by atomic mass is 10.2. The molecule has 0 fully saturated rings. The van der Waals surface area contributed by atoms with Crippen molar-refractivity contribution < 1.29 is 24.9 Å². The van der Waals surface area contributed by atoms with Crippen LogP contribution in [0.1, 0.15) is 15.9 Å². The number of amides is 1. The van der Waals surface area contributed by atoms with E-state index in [0.717, 1.165) is 11.6 Å². The molecule has 0 saturated heterocycles. The van der Waals surface area contributed by atoms with E-state index in [1.54, 1.807) is 12.1 Å². The van der Waals surface area contributed by atoms with Crippen molar-refractivity contribution >= 4 is 28.1 Å². The van der Waals surface area contributed by atoms with Gasteiger partial charge < -0.3 is 20.1 Å². The van der Waals surface area contributed by atoms with Crippen molar-refractivity contribution in [3.63, 3.8) is 0 Å². The first-order valence-corrected chi connectivity index (χ1v) is 7.44. The molecule has 0 saturated carbocycles. The molecule has 0 aliphatic carbocycles. The van der Waals surface area contributed by atoms with Crippen molar-refractivity contribution in [3.05, 3.63) is 52.0 Å². The van der Waals surface area contributed by atoms with Gasteiger partial charge in [-0.25, -0.2) is 5.43 Å². The summed E-state index contributed by atoms with van der Waals surface area (Å²) in [5.41, 5.74) is 3.07. The number of hydrogen-bond donors (Lipinski definition) is 4. The van der Waals surface area contributed by atoms with Gasteiger partial charge in [-0.1, -0.05) is 15.9 Å². The number of aliphatic hydroxyl groups is 1. The number of aliphatic hydroxyl groups excluding tert-OH is 1. The number of hydrogen-bond acceptors (Lipinski definition) is 6. The predicted octanol–water partition coefficient (Wildman–Crippen LogP) is 2.24. The zero-order valence-electron chi connectivity index (χ0n) is 13.0. The Morgan fingerprint density at radius 3 is 2.50 bits per heavy atom. The molecule has 0 unspecified atom stereocenters. The van der Waals surface area contributed by atoms with Crippen LogP contribution in [0.4, 0.5) is 0 Å². The van der Waals surface area contributed by atoms with Crippen LogP contribution in [0.2, 0.25) is 0 Å². The molecule has 4 N–H and O–H groups in total. The summed E-state index contributed by atoms with van der Waals surface area (Å²) in [5, 5.41) is 29.9. The molecule has 2 aromatic carbocycles. The van der Waals surface area contributed by atoms with Crippen LogP contribution in [0.3, 0.4) is 0 Å². The van der Waals surface area contributed by atoms with E-state index in [-0.39, 0.29) is 22.8 Å². The van der Waals surface area contributed by atoms with Gasteiger partial charge in [0.25, 0.3) is 5.91 Å². The number of phenolic OH excluding ortho intramolecular Hbond substituents is 2. The number of phenols is 2. The van der Waals surface area contributed by atoms with Crippen molar-refractivity contribution in [2.45, 2.75) is 0 Å². The highest BCUT2D eigenvalue weighted by molar-refractivity contribution is 9.10. The summed E-state index contributed by atoms with van der Waals surface area (Å²) in [6, 6.07) is 9.06. The minimum Gasteiger partial charge on any atom is -0.507 e. The maximum absolute atomic E-state index is 11.9. The SMILES string of the molecule is CO.COc1cc(C(=O)N/N=C/c2cc(Br)ccc2O)ccc1O. The molecular formula is C16H17BrN2O5. The third-order valence-corrected chi connectivity index (χ3v) is 3.29. The van der Waals surface area contributed by atoms with Gasteiger partial charge in [-0.05, 0) is 36.4 Å². The third-order valence-electron chi connectivity index (χ3n) is 2.80. The summed E-state index contributed by atoms with van der Waals surface area (Å²) in [6.07, 6.45) is 1.33. The highest BCUT2D eigenvalue weighted by Crippen LogP contribution is 2.26. The van der Waals surface area contributed by atoms with Crippen LogP contribution in [0.5, 0.6) is 17.2 Å². The number of rotatable bonds is 4. The maximum atomic E-state index is 11.9. The van der Waals surface area contributed by atoms with Crippen molar-refractivity contribution in [3.8, 4) is 17.2 Å². The topological polar surface area (TPSA) is 111 Å². The first kappa shape index (κ1) is 19.5. The van der Waals surface area contributed by atoms with E-state index in [9.17, 15) is 15.0 Å². The molecule has 0 radical (unpaired) electrons. The van der Waals surface area contributed by atoms with Gasteiger partial charge in [0.2, 0.25) is 0 Å². The number of aromatic hydroxyl groups is 2. The number of nitrogens with zero attached hydrogens (tertiary/aromatic N) is 1. The molecule has 1 amide bonds. The molecule has 2 aromatic rings. The third kappa shape index (κ3) is 5.25. The van der Waals surface area contributed by atoms with Gasteiger partial charge >= 0.3 is 0 Å². The minimum atomic E-state index is -0.468. The number of carbonyl (C=O) groups is 1. The zero-order valence-corrected chi connectivity index (χ0v) is 14.6. The quantitative estimate of drug-likeness (QED) is 0.467. The Morgan fingerprint density at radius 2 is 1.83 bits per heavy atom. The molecule has 0 heterocycles. The van der Waals surface area contributed by atoms with E-state index < -0.39 is 5.91 Å². The number of nitrogens with one attached hydrogen (secondary N) is 1. The second-order valence-corrected chi connectivity index (χ2v) is 5.20. The largest absolute Gasteiger partial charge is 0.507 e. The van der Waals surface area contributed by atoms with Gasteiger partial charge in [0.05, 0.1) is 13.3 Å². The molecule has 0 aromatic heterocycles. The summed E-state index contributed by atoms with van der Waals surface area (Å²) in [6.45, 7) is 0. The molecule has 0 spiro atoms. The van der Waals surface area contributed by atoms with Crippen molar-refractivity contribution in [1.29, 1.82) is 0 Å². The summed E-state index contributed by atoms with van der Waals surface area (Å²) in [5.74, 6) is -0.278.